The molecule has 0 spiro atoms. The Hall–Kier alpha value is -1.07. The van der Waals surface area contributed by atoms with Crippen molar-refractivity contribution in [3.63, 3.8) is 0 Å². The van der Waals surface area contributed by atoms with Gasteiger partial charge in [-0.2, -0.15) is 0 Å². The minimum atomic E-state index is -1.87. The molecule has 0 radical (unpaired) electrons. The third kappa shape index (κ3) is 7.56. The van der Waals surface area contributed by atoms with Crippen LogP contribution in [0.5, 0.6) is 0 Å². The van der Waals surface area contributed by atoms with Crippen LogP contribution < -0.4 is 10.4 Å². The average Bonchev–Trinajstić information content (AvgIpc) is 2.79. The van der Waals surface area contributed by atoms with E-state index < -0.39 is 24.7 Å². The molecule has 0 aliphatic carbocycles. The highest BCUT2D eigenvalue weighted by molar-refractivity contribution is 7.04. The molecule has 0 unspecified atom stereocenters. The molecule has 2 aromatic rings. The van der Waals surface area contributed by atoms with Gasteiger partial charge in [0, 0.05) is 0 Å². The molecule has 1 aliphatic heterocycles. The Morgan fingerprint density at radius 1 is 0.605 bits per heavy atom. The number of hydrogen-bond donors (Lipinski definition) is 0. The van der Waals surface area contributed by atoms with Crippen LogP contribution in [0.25, 0.3) is 0 Å². The summed E-state index contributed by atoms with van der Waals surface area (Å²) < 4.78 is 11.8. The summed E-state index contributed by atoms with van der Waals surface area (Å²) in [5.41, 5.74) is 2.62. The summed E-state index contributed by atoms with van der Waals surface area (Å²) in [5.74, 6) is 0. The van der Waals surface area contributed by atoms with Crippen LogP contribution in [0, 0.1) is 0 Å². The van der Waals surface area contributed by atoms with E-state index in [1.807, 2.05) is 0 Å². The van der Waals surface area contributed by atoms with Crippen molar-refractivity contribution in [1.29, 1.82) is 0 Å². The van der Waals surface area contributed by atoms with Crippen molar-refractivity contribution >= 4 is 35.1 Å². The van der Waals surface area contributed by atoms with Gasteiger partial charge in [0.25, 0.3) is 0 Å². The first-order valence-electron chi connectivity index (χ1n) is 14.4. The molecule has 1 heterocycles. The molecule has 1 fully saturated rings. The lowest BCUT2D eigenvalue weighted by atomic mass is 10.2. The first kappa shape index (κ1) is 31.5. The maximum atomic E-state index is 5.88. The molecule has 0 aromatic heterocycles. The van der Waals surface area contributed by atoms with Gasteiger partial charge in [-0.15, -0.1) is 0 Å². The van der Waals surface area contributed by atoms with Gasteiger partial charge in [-0.25, -0.2) is 9.78 Å². The van der Waals surface area contributed by atoms with Gasteiger partial charge < -0.3 is 0 Å². The van der Waals surface area contributed by atoms with E-state index in [1.54, 1.807) is 10.4 Å². The Kier molecular flexibility index (Phi) is 10.1. The summed E-state index contributed by atoms with van der Waals surface area (Å²) in [6.45, 7) is 23.5. The van der Waals surface area contributed by atoms with Crippen LogP contribution in [0.3, 0.4) is 0 Å². The molecule has 4 nitrogen and oxygen atoms in total. The molecule has 0 bridgehead atoms. The first-order valence-corrected chi connectivity index (χ1v) is 22.6. The number of benzene rings is 2. The molecule has 0 atom stereocenters. The predicted octanol–water partition coefficient (Wildman–Crippen LogP) is 7.65. The van der Waals surface area contributed by atoms with Crippen LogP contribution in [0.1, 0.15) is 59.1 Å². The van der Waals surface area contributed by atoms with E-state index in [9.17, 15) is 0 Å². The van der Waals surface area contributed by atoms with Crippen molar-refractivity contribution < 1.29 is 18.9 Å². The first-order chi connectivity index (χ1) is 17.6. The van der Waals surface area contributed by atoms with E-state index in [-0.39, 0.29) is 10.1 Å². The van der Waals surface area contributed by atoms with Crippen molar-refractivity contribution in [1.82, 2.24) is 0 Å². The van der Waals surface area contributed by atoms with Gasteiger partial charge in [-0.3, -0.25) is 9.15 Å². The molecule has 0 amide bonds. The summed E-state index contributed by atoms with van der Waals surface area (Å²) in [6.07, 6.45) is 3.09. The van der Waals surface area contributed by atoms with Crippen LogP contribution in [0.4, 0.5) is 0 Å². The molecular weight excluding hydrogens is 521 g/mol. The number of hydrogen-bond acceptors (Lipinski definition) is 4. The van der Waals surface area contributed by atoms with Crippen molar-refractivity contribution in [3.05, 3.63) is 59.7 Å². The van der Waals surface area contributed by atoms with Gasteiger partial charge in [0.15, 0.2) is 0 Å². The van der Waals surface area contributed by atoms with E-state index in [0.29, 0.717) is 13.2 Å². The highest BCUT2D eigenvalue weighted by Crippen LogP contribution is 2.37. The van der Waals surface area contributed by atoms with Crippen molar-refractivity contribution in [3.8, 4) is 0 Å². The van der Waals surface area contributed by atoms with Gasteiger partial charge >= 0.3 is 0 Å². The fraction of sp³-hybridized carbons (Fsp3) is 0.613. The fourth-order valence-electron chi connectivity index (χ4n) is 4.20. The van der Waals surface area contributed by atoms with Crippen LogP contribution in [0.2, 0.25) is 48.4 Å². The van der Waals surface area contributed by atoms with Crippen LogP contribution in [-0.4, -0.2) is 37.9 Å². The molecule has 2 aromatic carbocycles. The predicted molar refractivity (Wildman–Crippen MR) is 168 cm³/mol. The maximum Gasteiger partial charge on any atom is 0.238 e. The summed E-state index contributed by atoms with van der Waals surface area (Å²) in [7, 11) is -5.35. The van der Waals surface area contributed by atoms with Crippen molar-refractivity contribution in [2.75, 3.05) is 13.2 Å². The topological polar surface area (TPSA) is 36.9 Å². The van der Waals surface area contributed by atoms with Gasteiger partial charge in [0.05, 0.1) is 13.2 Å². The average molecular weight is 573 g/mol. The van der Waals surface area contributed by atoms with Crippen molar-refractivity contribution in [2.24, 2.45) is 0 Å². The van der Waals surface area contributed by atoms with Gasteiger partial charge in [0.1, 0.15) is 8.07 Å². The second-order valence-corrected chi connectivity index (χ2v) is 27.9. The summed E-state index contributed by atoms with van der Waals surface area (Å²) >= 11 is 0. The molecule has 1 aliphatic rings. The molecule has 1 saturated heterocycles. The van der Waals surface area contributed by atoms with Crippen LogP contribution in [-0.2, 0) is 31.8 Å². The third-order valence-electron chi connectivity index (χ3n) is 9.32. The molecule has 212 valence electrons. The Labute approximate surface area is 235 Å². The van der Waals surface area contributed by atoms with Crippen LogP contribution >= 0.6 is 0 Å². The van der Waals surface area contributed by atoms with E-state index in [4.69, 9.17) is 18.9 Å². The van der Waals surface area contributed by atoms with Gasteiger partial charge in [-0.1, -0.05) is 107 Å². The van der Waals surface area contributed by atoms with Crippen LogP contribution in [0.15, 0.2) is 48.5 Å². The molecule has 3 rings (SSSR count). The Morgan fingerprint density at radius 3 is 1.21 bits per heavy atom. The smallest absolute Gasteiger partial charge is 0.238 e. The zero-order valence-electron chi connectivity index (χ0n) is 25.7. The Bertz CT molecular complexity index is 936. The highest BCUT2D eigenvalue weighted by atomic mass is 28.4. The fourth-order valence-corrected chi connectivity index (χ4v) is 9.62. The quantitative estimate of drug-likeness (QED) is 0.113. The van der Waals surface area contributed by atoms with E-state index >= 15 is 0 Å². The summed E-state index contributed by atoms with van der Waals surface area (Å²) in [5, 5.41) is 3.43. The van der Waals surface area contributed by atoms with E-state index in [1.165, 1.54) is 29.6 Å². The number of rotatable bonds is 12. The summed E-state index contributed by atoms with van der Waals surface area (Å²) in [4.78, 5) is 11.3. The normalized spacial score (nSPS) is 16.4. The molecule has 0 saturated carbocycles. The lowest BCUT2D eigenvalue weighted by Gasteiger charge is -2.41. The molecular formula is C31H52O4Si3. The highest BCUT2D eigenvalue weighted by Gasteiger charge is 2.43. The lowest BCUT2D eigenvalue weighted by molar-refractivity contribution is -0.220. The maximum absolute atomic E-state index is 5.88. The zero-order valence-corrected chi connectivity index (χ0v) is 28.7. The SMILES string of the molecule is CC(C)(C)[Si](C)(C)OOCCc1ccc([Si]2(c3ccc(CCOO[Si](C)(C)C(C)(C)C)cc3)CCC2)cc1. The largest absolute Gasteiger partial charge is 0.286 e. The summed E-state index contributed by atoms with van der Waals surface area (Å²) in [6, 6.07) is 21.4. The zero-order chi connectivity index (χ0) is 28.2. The third-order valence-corrected chi connectivity index (χ3v) is 22.9. The van der Waals surface area contributed by atoms with Gasteiger partial charge in [-0.05, 0) is 72.3 Å². The molecule has 7 heteroatoms. The van der Waals surface area contributed by atoms with E-state index in [0.717, 1.165) is 12.8 Å². The van der Waals surface area contributed by atoms with Crippen molar-refractivity contribution in [2.45, 2.75) is 109 Å². The second kappa shape index (κ2) is 12.2. The second-order valence-electron chi connectivity index (χ2n) is 14.2. The molecule has 0 N–H and O–H groups in total. The minimum absolute atomic E-state index is 0.154. The molecule has 38 heavy (non-hydrogen) atoms. The minimum Gasteiger partial charge on any atom is -0.286 e. The Balaban J connectivity index is 1.53. The van der Waals surface area contributed by atoms with Gasteiger partial charge in [0.2, 0.25) is 16.6 Å². The standard InChI is InChI=1S/C31H52O4Si3/c1-30(2,3)36(7,8)34-32-22-20-26-12-16-28(17-13-26)38(24-11-25-38)29-18-14-27(15-19-29)21-23-33-35-37(9,10)31(4,5)6/h12-19H,11,20-25H2,1-10H3. The lowest BCUT2D eigenvalue weighted by Crippen LogP contribution is -2.62. The monoisotopic (exact) mass is 572 g/mol. The Morgan fingerprint density at radius 2 is 0.947 bits per heavy atom. The van der Waals surface area contributed by atoms with E-state index in [2.05, 4.69) is 116 Å².